The number of carboxylic acids is 1. The molecule has 1 unspecified atom stereocenters. The van der Waals surface area contributed by atoms with Gasteiger partial charge in [0.2, 0.25) is 5.91 Å². The summed E-state index contributed by atoms with van der Waals surface area (Å²) in [7, 11) is 0. The van der Waals surface area contributed by atoms with Gasteiger partial charge in [-0.2, -0.15) is 0 Å². The molecule has 0 bridgehead atoms. The molecule has 1 rings (SSSR count). The molecule has 1 fully saturated rings. The van der Waals surface area contributed by atoms with Gasteiger partial charge in [0.05, 0.1) is 5.41 Å². The molecular weight excluding hydrogens is 242 g/mol. The molecule has 1 aliphatic rings. The Balaban J connectivity index is 2.52. The first kappa shape index (κ1) is 16.0. The third-order valence-corrected chi connectivity index (χ3v) is 4.81. The van der Waals surface area contributed by atoms with Crippen molar-refractivity contribution in [2.24, 2.45) is 16.7 Å². The molecule has 4 nitrogen and oxygen atoms in total. The summed E-state index contributed by atoms with van der Waals surface area (Å²) in [6, 6.07) is 0. The van der Waals surface area contributed by atoms with Crippen LogP contribution in [0.2, 0.25) is 0 Å². The summed E-state index contributed by atoms with van der Waals surface area (Å²) < 4.78 is 0. The second kappa shape index (κ2) is 5.93. The first-order chi connectivity index (χ1) is 8.69. The SMILES string of the molecule is CC(C)C(C)(CC(=O)NCC1(C)CCCC1)C(=O)O. The van der Waals surface area contributed by atoms with Crippen LogP contribution in [0.3, 0.4) is 0 Å². The highest BCUT2D eigenvalue weighted by Gasteiger charge is 2.39. The van der Waals surface area contributed by atoms with Crippen molar-refractivity contribution in [1.29, 1.82) is 0 Å². The van der Waals surface area contributed by atoms with Crippen LogP contribution in [-0.4, -0.2) is 23.5 Å². The Hall–Kier alpha value is -1.06. The minimum Gasteiger partial charge on any atom is -0.481 e. The summed E-state index contributed by atoms with van der Waals surface area (Å²) in [6.07, 6.45) is 4.80. The zero-order chi connectivity index (χ0) is 14.7. The van der Waals surface area contributed by atoms with Gasteiger partial charge in [-0.15, -0.1) is 0 Å². The summed E-state index contributed by atoms with van der Waals surface area (Å²) in [4.78, 5) is 23.3. The highest BCUT2D eigenvalue weighted by Crippen LogP contribution is 2.37. The number of rotatable bonds is 6. The molecule has 0 aliphatic heterocycles. The fourth-order valence-electron chi connectivity index (χ4n) is 2.64. The molecule has 0 aromatic heterocycles. The van der Waals surface area contributed by atoms with Gasteiger partial charge >= 0.3 is 5.97 Å². The lowest BCUT2D eigenvalue weighted by Crippen LogP contribution is -2.41. The smallest absolute Gasteiger partial charge is 0.310 e. The van der Waals surface area contributed by atoms with Crippen molar-refractivity contribution in [1.82, 2.24) is 5.32 Å². The molecular formula is C15H27NO3. The van der Waals surface area contributed by atoms with Crippen LogP contribution < -0.4 is 5.32 Å². The lowest BCUT2D eigenvalue weighted by Gasteiger charge is -2.29. The number of amides is 1. The van der Waals surface area contributed by atoms with Gasteiger partial charge in [-0.05, 0) is 31.1 Å². The van der Waals surface area contributed by atoms with E-state index in [-0.39, 0.29) is 23.7 Å². The molecule has 1 aliphatic carbocycles. The van der Waals surface area contributed by atoms with Crippen LogP contribution in [0.1, 0.15) is 59.8 Å². The van der Waals surface area contributed by atoms with Crippen molar-refractivity contribution in [2.75, 3.05) is 6.54 Å². The van der Waals surface area contributed by atoms with E-state index in [1.165, 1.54) is 12.8 Å². The van der Waals surface area contributed by atoms with E-state index in [2.05, 4.69) is 12.2 Å². The number of carbonyl (C=O) groups excluding carboxylic acids is 1. The standard InChI is InChI=1S/C15H27NO3/c1-11(2)15(4,13(18)19)9-12(17)16-10-14(3)7-5-6-8-14/h11H,5-10H2,1-4H3,(H,16,17)(H,18,19). The molecule has 0 aromatic carbocycles. The summed E-state index contributed by atoms with van der Waals surface area (Å²) in [5.41, 5.74) is -0.784. The Morgan fingerprint density at radius 3 is 2.26 bits per heavy atom. The van der Waals surface area contributed by atoms with E-state index in [0.717, 1.165) is 12.8 Å². The molecule has 0 saturated heterocycles. The Bertz CT molecular complexity index is 345. The lowest BCUT2D eigenvalue weighted by atomic mass is 9.76. The van der Waals surface area contributed by atoms with Gasteiger partial charge in [0, 0.05) is 13.0 Å². The molecule has 110 valence electrons. The van der Waals surface area contributed by atoms with Crippen molar-refractivity contribution in [3.05, 3.63) is 0 Å². The maximum atomic E-state index is 12.0. The Kier molecular flexibility index (Phi) is 4.99. The molecule has 2 N–H and O–H groups in total. The number of carbonyl (C=O) groups is 2. The Labute approximate surface area is 116 Å². The fourth-order valence-corrected chi connectivity index (χ4v) is 2.64. The first-order valence-corrected chi connectivity index (χ1v) is 7.20. The molecule has 0 heterocycles. The van der Waals surface area contributed by atoms with Gasteiger partial charge in [-0.1, -0.05) is 33.6 Å². The number of hydrogen-bond donors (Lipinski definition) is 2. The number of carboxylic acid groups (broad SMARTS) is 1. The van der Waals surface area contributed by atoms with Crippen molar-refractivity contribution < 1.29 is 14.7 Å². The van der Waals surface area contributed by atoms with Crippen LogP contribution in [0.4, 0.5) is 0 Å². The van der Waals surface area contributed by atoms with Gasteiger partial charge in [-0.25, -0.2) is 0 Å². The van der Waals surface area contributed by atoms with Crippen LogP contribution in [-0.2, 0) is 9.59 Å². The second-order valence-corrected chi connectivity index (χ2v) is 6.85. The molecule has 4 heteroatoms. The van der Waals surface area contributed by atoms with Gasteiger partial charge in [0.15, 0.2) is 0 Å². The summed E-state index contributed by atoms with van der Waals surface area (Å²) >= 11 is 0. The molecule has 0 aromatic rings. The van der Waals surface area contributed by atoms with Crippen molar-refractivity contribution in [2.45, 2.75) is 59.8 Å². The van der Waals surface area contributed by atoms with E-state index in [1.54, 1.807) is 6.92 Å². The minimum atomic E-state index is -0.985. The number of nitrogens with one attached hydrogen (secondary N) is 1. The van der Waals surface area contributed by atoms with Gasteiger partial charge in [0.25, 0.3) is 0 Å². The fraction of sp³-hybridized carbons (Fsp3) is 0.867. The van der Waals surface area contributed by atoms with Crippen molar-refractivity contribution in [3.8, 4) is 0 Å². The Morgan fingerprint density at radius 1 is 1.32 bits per heavy atom. The third-order valence-electron chi connectivity index (χ3n) is 4.81. The van der Waals surface area contributed by atoms with Gasteiger partial charge in [-0.3, -0.25) is 9.59 Å². The van der Waals surface area contributed by atoms with Crippen molar-refractivity contribution in [3.63, 3.8) is 0 Å². The molecule has 1 saturated carbocycles. The largest absolute Gasteiger partial charge is 0.481 e. The third kappa shape index (κ3) is 3.95. The zero-order valence-corrected chi connectivity index (χ0v) is 12.6. The van der Waals surface area contributed by atoms with Crippen LogP contribution >= 0.6 is 0 Å². The van der Waals surface area contributed by atoms with E-state index in [4.69, 9.17) is 0 Å². The Morgan fingerprint density at radius 2 is 1.84 bits per heavy atom. The summed E-state index contributed by atoms with van der Waals surface area (Å²) in [5, 5.41) is 12.2. The highest BCUT2D eigenvalue weighted by molar-refractivity contribution is 5.84. The van der Waals surface area contributed by atoms with E-state index >= 15 is 0 Å². The first-order valence-electron chi connectivity index (χ1n) is 7.20. The molecule has 1 amide bonds. The number of aliphatic carboxylic acids is 1. The predicted octanol–water partition coefficient (Wildman–Crippen LogP) is 2.82. The van der Waals surface area contributed by atoms with Crippen LogP contribution in [0.25, 0.3) is 0 Å². The van der Waals surface area contributed by atoms with Crippen LogP contribution in [0.5, 0.6) is 0 Å². The van der Waals surface area contributed by atoms with E-state index < -0.39 is 11.4 Å². The van der Waals surface area contributed by atoms with Gasteiger partial charge in [0.1, 0.15) is 0 Å². The zero-order valence-electron chi connectivity index (χ0n) is 12.6. The van der Waals surface area contributed by atoms with E-state index in [1.807, 2.05) is 13.8 Å². The molecule has 19 heavy (non-hydrogen) atoms. The maximum Gasteiger partial charge on any atom is 0.310 e. The van der Waals surface area contributed by atoms with E-state index in [9.17, 15) is 14.7 Å². The van der Waals surface area contributed by atoms with Gasteiger partial charge < -0.3 is 10.4 Å². The number of hydrogen-bond acceptors (Lipinski definition) is 2. The average molecular weight is 269 g/mol. The summed E-state index contributed by atoms with van der Waals surface area (Å²) in [5.74, 6) is -1.12. The lowest BCUT2D eigenvalue weighted by molar-refractivity contribution is -0.153. The monoisotopic (exact) mass is 269 g/mol. The minimum absolute atomic E-state index is 0.0517. The molecule has 0 radical (unpaired) electrons. The quantitative estimate of drug-likeness (QED) is 0.779. The highest BCUT2D eigenvalue weighted by atomic mass is 16.4. The second-order valence-electron chi connectivity index (χ2n) is 6.85. The molecule has 0 spiro atoms. The maximum absolute atomic E-state index is 12.0. The summed E-state index contributed by atoms with van der Waals surface area (Å²) in [6.45, 7) is 8.20. The van der Waals surface area contributed by atoms with E-state index in [0.29, 0.717) is 6.54 Å². The normalized spacial score (nSPS) is 21.1. The van der Waals surface area contributed by atoms with Crippen LogP contribution in [0, 0.1) is 16.7 Å². The topological polar surface area (TPSA) is 66.4 Å². The molecule has 1 atom stereocenters. The van der Waals surface area contributed by atoms with Crippen LogP contribution in [0.15, 0.2) is 0 Å². The predicted molar refractivity (Wildman–Crippen MR) is 74.8 cm³/mol. The van der Waals surface area contributed by atoms with Crippen molar-refractivity contribution >= 4 is 11.9 Å². The average Bonchev–Trinajstić information content (AvgIpc) is 2.73.